The Hall–Kier alpha value is -3.02. The fourth-order valence-electron chi connectivity index (χ4n) is 2.62. The molecule has 4 atom stereocenters. The smallest absolute Gasteiger partial charge is 0.316 e. The molecule has 7 N–H and O–H groups in total. The van der Waals surface area contributed by atoms with Gasteiger partial charge in [0.1, 0.15) is 6.04 Å². The van der Waals surface area contributed by atoms with Crippen LogP contribution in [0.3, 0.4) is 0 Å². The van der Waals surface area contributed by atoms with Gasteiger partial charge >= 0.3 is 12.0 Å². The molecule has 0 aromatic carbocycles. The molecule has 12 heteroatoms. The molecular weight excluding hydrogens is 396 g/mol. The molecule has 30 heavy (non-hydrogen) atoms. The molecule has 3 amide bonds. The topological polar surface area (TPSA) is 204 Å². The zero-order valence-corrected chi connectivity index (χ0v) is 17.4. The predicted octanol–water partition coefficient (Wildman–Crippen LogP) is 0.544. The molecule has 168 valence electrons. The van der Waals surface area contributed by atoms with Crippen molar-refractivity contribution in [2.24, 2.45) is 17.4 Å². The van der Waals surface area contributed by atoms with Crippen molar-refractivity contribution < 1.29 is 28.8 Å². The van der Waals surface area contributed by atoms with Crippen LogP contribution < -0.4 is 22.1 Å². The zero-order chi connectivity index (χ0) is 22.8. The fourth-order valence-corrected chi connectivity index (χ4v) is 2.62. The van der Waals surface area contributed by atoms with Crippen molar-refractivity contribution >= 4 is 23.7 Å². The van der Waals surface area contributed by atoms with Gasteiger partial charge < -0.3 is 31.7 Å². The highest BCUT2D eigenvalue weighted by Gasteiger charge is 2.28. The highest BCUT2D eigenvalue weighted by molar-refractivity contribution is 5.87. The van der Waals surface area contributed by atoms with Crippen molar-refractivity contribution in [1.82, 2.24) is 20.8 Å². The maximum Gasteiger partial charge on any atom is 0.316 e. The van der Waals surface area contributed by atoms with E-state index in [2.05, 4.69) is 20.8 Å². The third kappa shape index (κ3) is 8.15. The molecule has 0 fully saturated rings. The number of nitrogens with one attached hydrogen (secondary N) is 2. The molecule has 1 aromatic rings. The van der Waals surface area contributed by atoms with Gasteiger partial charge in [-0.1, -0.05) is 25.4 Å². The number of primary amides is 1. The van der Waals surface area contributed by atoms with Crippen molar-refractivity contribution in [3.8, 4) is 0 Å². The molecule has 1 aromatic heterocycles. The number of aliphatic carboxylic acids is 1. The summed E-state index contributed by atoms with van der Waals surface area (Å²) < 4.78 is 5.27. The molecule has 0 aliphatic heterocycles. The standard InChI is InChI=1S/C18H30N6O6/c1-4-9(2)15(17-23-16(24-30-17)11(19)5-7-13(20)26)22-18(29)21-12(10(3)25)6-8-14(27)28/h9,11-12,15H,4-8,19H2,1-3H3,(H2,20,26)(H,27,28)(H2,21,22,29)/t9?,11-,12-,15-/m0/s1. The van der Waals surface area contributed by atoms with Gasteiger partial charge in [-0.2, -0.15) is 4.98 Å². The Morgan fingerprint density at radius 3 is 2.37 bits per heavy atom. The molecule has 0 saturated carbocycles. The largest absolute Gasteiger partial charge is 0.481 e. The van der Waals surface area contributed by atoms with E-state index < -0.39 is 36.0 Å². The van der Waals surface area contributed by atoms with Crippen molar-refractivity contribution in [2.45, 2.75) is 71.0 Å². The molecule has 12 nitrogen and oxygen atoms in total. The maximum atomic E-state index is 12.4. The minimum absolute atomic E-state index is 0.0223. The van der Waals surface area contributed by atoms with E-state index in [0.717, 1.165) is 0 Å². The van der Waals surface area contributed by atoms with Crippen LogP contribution in [0.1, 0.15) is 76.7 Å². The molecular formula is C18H30N6O6. The van der Waals surface area contributed by atoms with Crippen molar-refractivity contribution in [3.63, 3.8) is 0 Å². The Kier molecular flexibility index (Phi) is 9.89. The van der Waals surface area contributed by atoms with Gasteiger partial charge in [-0.05, 0) is 25.7 Å². The number of urea groups is 1. The number of aromatic nitrogens is 2. The molecule has 0 spiro atoms. The number of carbonyl (C=O) groups excluding carboxylic acids is 3. The van der Waals surface area contributed by atoms with Crippen molar-refractivity contribution in [3.05, 3.63) is 11.7 Å². The van der Waals surface area contributed by atoms with Gasteiger partial charge in [-0.15, -0.1) is 0 Å². The van der Waals surface area contributed by atoms with Gasteiger partial charge in [-0.25, -0.2) is 4.79 Å². The molecule has 0 bridgehead atoms. The summed E-state index contributed by atoms with van der Waals surface area (Å²) in [5.74, 6) is -1.69. The number of carboxylic acid groups (broad SMARTS) is 1. The van der Waals surface area contributed by atoms with E-state index >= 15 is 0 Å². The number of nitrogens with two attached hydrogens (primary N) is 2. The second-order valence-corrected chi connectivity index (χ2v) is 7.18. The van der Waals surface area contributed by atoms with Gasteiger partial charge in [0.25, 0.3) is 0 Å². The van der Waals surface area contributed by atoms with E-state index in [1.165, 1.54) is 6.92 Å². The van der Waals surface area contributed by atoms with Crippen LogP contribution in [-0.2, 0) is 14.4 Å². The SMILES string of the molecule is CCC(C)[C@H](NC(=O)N[C@@H](CCC(=O)O)C(C)=O)c1nc([C@@H](N)CCC(N)=O)no1. The molecule has 0 aliphatic rings. The Morgan fingerprint density at radius 2 is 1.83 bits per heavy atom. The van der Waals surface area contributed by atoms with Crippen LogP contribution >= 0.6 is 0 Å². The first-order valence-corrected chi connectivity index (χ1v) is 9.71. The number of nitrogens with zero attached hydrogens (tertiary/aromatic N) is 2. The summed E-state index contributed by atoms with van der Waals surface area (Å²) in [7, 11) is 0. The summed E-state index contributed by atoms with van der Waals surface area (Å²) in [6.07, 6.45) is 0.718. The van der Waals surface area contributed by atoms with E-state index in [9.17, 15) is 19.2 Å². The van der Waals surface area contributed by atoms with Crippen molar-refractivity contribution in [2.75, 3.05) is 0 Å². The lowest BCUT2D eigenvalue weighted by atomic mass is 9.99. The van der Waals surface area contributed by atoms with Gasteiger partial charge in [0.05, 0.1) is 12.1 Å². The van der Waals surface area contributed by atoms with Crippen LogP contribution in [0.2, 0.25) is 0 Å². The van der Waals surface area contributed by atoms with Crippen LogP contribution in [0.5, 0.6) is 0 Å². The Balaban J connectivity index is 2.87. The molecule has 1 heterocycles. The quantitative estimate of drug-likeness (QED) is 0.298. The highest BCUT2D eigenvalue weighted by Crippen LogP contribution is 2.24. The third-order valence-electron chi connectivity index (χ3n) is 4.70. The Labute approximate surface area is 174 Å². The first-order chi connectivity index (χ1) is 14.0. The van der Waals surface area contributed by atoms with E-state index in [-0.39, 0.29) is 49.1 Å². The number of carboxylic acids is 1. The second kappa shape index (κ2) is 11.9. The summed E-state index contributed by atoms with van der Waals surface area (Å²) >= 11 is 0. The molecule has 1 rings (SSSR count). The van der Waals surface area contributed by atoms with Crippen LogP contribution in [0.15, 0.2) is 4.52 Å². The van der Waals surface area contributed by atoms with E-state index in [1.807, 2.05) is 13.8 Å². The summed E-state index contributed by atoms with van der Waals surface area (Å²) in [5, 5.41) is 17.8. The summed E-state index contributed by atoms with van der Waals surface area (Å²) in [5.41, 5.74) is 11.1. The number of Topliss-reactive ketones (excluding diaryl/α,β-unsaturated/α-hetero) is 1. The number of carbonyl (C=O) groups is 4. The first-order valence-electron chi connectivity index (χ1n) is 9.71. The third-order valence-corrected chi connectivity index (χ3v) is 4.70. The fraction of sp³-hybridized carbons (Fsp3) is 0.667. The number of rotatable bonds is 13. The van der Waals surface area contributed by atoms with Crippen LogP contribution in [0.25, 0.3) is 0 Å². The molecule has 1 unspecified atom stereocenters. The number of hydrogen-bond acceptors (Lipinski definition) is 8. The van der Waals surface area contributed by atoms with E-state index in [1.54, 1.807) is 0 Å². The minimum Gasteiger partial charge on any atom is -0.481 e. The van der Waals surface area contributed by atoms with E-state index in [0.29, 0.717) is 6.42 Å². The minimum atomic E-state index is -1.06. The lowest BCUT2D eigenvalue weighted by Crippen LogP contribution is -2.47. The monoisotopic (exact) mass is 426 g/mol. The van der Waals surface area contributed by atoms with Crippen LogP contribution in [0.4, 0.5) is 4.79 Å². The van der Waals surface area contributed by atoms with Gasteiger partial charge in [0.2, 0.25) is 11.8 Å². The zero-order valence-electron chi connectivity index (χ0n) is 17.4. The lowest BCUT2D eigenvalue weighted by molar-refractivity contribution is -0.137. The van der Waals surface area contributed by atoms with E-state index in [4.69, 9.17) is 21.1 Å². The molecule has 0 aliphatic carbocycles. The number of amides is 3. The lowest BCUT2D eigenvalue weighted by Gasteiger charge is -2.23. The second-order valence-electron chi connectivity index (χ2n) is 7.18. The van der Waals surface area contributed by atoms with Crippen molar-refractivity contribution in [1.29, 1.82) is 0 Å². The summed E-state index contributed by atoms with van der Waals surface area (Å²) in [4.78, 5) is 50.0. The van der Waals surface area contributed by atoms with Gasteiger partial charge in [0.15, 0.2) is 11.6 Å². The highest BCUT2D eigenvalue weighted by atomic mass is 16.5. The average molecular weight is 426 g/mol. The van der Waals surface area contributed by atoms with Crippen LogP contribution in [0, 0.1) is 5.92 Å². The Morgan fingerprint density at radius 1 is 1.17 bits per heavy atom. The Bertz CT molecular complexity index is 751. The predicted molar refractivity (Wildman–Crippen MR) is 105 cm³/mol. The normalized spacial score (nSPS) is 14.9. The number of hydrogen-bond donors (Lipinski definition) is 5. The molecule has 0 saturated heterocycles. The molecule has 0 radical (unpaired) electrons. The maximum absolute atomic E-state index is 12.4. The van der Waals surface area contributed by atoms with Gasteiger partial charge in [-0.3, -0.25) is 14.4 Å². The average Bonchev–Trinajstić information content (AvgIpc) is 3.16. The van der Waals surface area contributed by atoms with Crippen LogP contribution in [-0.4, -0.2) is 45.0 Å². The van der Waals surface area contributed by atoms with Gasteiger partial charge in [0, 0.05) is 12.8 Å². The summed E-state index contributed by atoms with van der Waals surface area (Å²) in [6, 6.07) is -2.91. The number of ketones is 1. The summed E-state index contributed by atoms with van der Waals surface area (Å²) in [6.45, 7) is 5.06. The first kappa shape index (κ1) is 25.0.